The molecule has 0 radical (unpaired) electrons. The van der Waals surface area contributed by atoms with Crippen molar-refractivity contribution in [2.45, 2.75) is 6.92 Å². The molecular weight excluding hydrogens is 431 g/mol. The SMILES string of the molecule is Cc1[nH]n(-c2ccccc2)c(=O)c1/C(=N/NC(=O)c1ccc(Cl)cc1)c1cccc(F)c1. The number of amides is 1. The van der Waals surface area contributed by atoms with Crippen molar-refractivity contribution in [3.8, 4) is 5.69 Å². The lowest BCUT2D eigenvalue weighted by Crippen LogP contribution is -2.25. The van der Waals surface area contributed by atoms with E-state index in [0.29, 0.717) is 27.5 Å². The standard InChI is InChI=1S/C24H18ClFN4O2/c1-15-21(24(32)30(29-15)20-8-3-2-4-9-20)22(17-6-5-7-19(26)14-17)27-28-23(31)16-10-12-18(25)13-11-16/h2-14,29H,1H3,(H,28,31)/b27-22+. The molecule has 1 heterocycles. The predicted molar refractivity (Wildman–Crippen MR) is 122 cm³/mol. The first-order valence-electron chi connectivity index (χ1n) is 9.71. The molecule has 0 aliphatic carbocycles. The summed E-state index contributed by atoms with van der Waals surface area (Å²) < 4.78 is 15.3. The monoisotopic (exact) mass is 448 g/mol. The maximum Gasteiger partial charge on any atom is 0.281 e. The largest absolute Gasteiger partial charge is 0.295 e. The van der Waals surface area contributed by atoms with Crippen LogP contribution in [0.3, 0.4) is 0 Å². The van der Waals surface area contributed by atoms with Crippen molar-refractivity contribution in [3.05, 3.63) is 122 Å². The van der Waals surface area contributed by atoms with Gasteiger partial charge in [0.05, 0.1) is 11.3 Å². The zero-order valence-electron chi connectivity index (χ0n) is 17.0. The van der Waals surface area contributed by atoms with E-state index in [1.165, 1.54) is 22.9 Å². The van der Waals surface area contributed by atoms with Gasteiger partial charge in [-0.2, -0.15) is 5.10 Å². The molecule has 8 heteroatoms. The summed E-state index contributed by atoms with van der Waals surface area (Å²) in [6.45, 7) is 1.71. The Morgan fingerprint density at radius 3 is 2.41 bits per heavy atom. The minimum atomic E-state index is -0.493. The van der Waals surface area contributed by atoms with Crippen LogP contribution in [0, 0.1) is 12.7 Å². The van der Waals surface area contributed by atoms with Gasteiger partial charge in [-0.3, -0.25) is 14.7 Å². The van der Waals surface area contributed by atoms with Gasteiger partial charge in [-0.25, -0.2) is 14.5 Å². The van der Waals surface area contributed by atoms with Gasteiger partial charge in [0, 0.05) is 21.8 Å². The van der Waals surface area contributed by atoms with Gasteiger partial charge in [-0.05, 0) is 55.5 Å². The van der Waals surface area contributed by atoms with Crippen LogP contribution in [0.4, 0.5) is 4.39 Å². The molecule has 0 unspecified atom stereocenters. The van der Waals surface area contributed by atoms with E-state index in [1.54, 1.807) is 49.4 Å². The summed E-state index contributed by atoms with van der Waals surface area (Å²) in [5.41, 5.74) is 4.28. The van der Waals surface area contributed by atoms with Crippen LogP contribution in [0.2, 0.25) is 5.02 Å². The van der Waals surface area contributed by atoms with Crippen LogP contribution >= 0.6 is 11.6 Å². The zero-order valence-corrected chi connectivity index (χ0v) is 17.7. The number of benzene rings is 3. The van der Waals surface area contributed by atoms with E-state index in [1.807, 2.05) is 18.2 Å². The number of aryl methyl sites for hydroxylation is 1. The van der Waals surface area contributed by atoms with E-state index in [-0.39, 0.29) is 16.8 Å². The van der Waals surface area contributed by atoms with Gasteiger partial charge >= 0.3 is 0 Å². The van der Waals surface area contributed by atoms with Gasteiger partial charge in [-0.15, -0.1) is 0 Å². The smallest absolute Gasteiger partial charge is 0.281 e. The Morgan fingerprint density at radius 2 is 1.72 bits per heavy atom. The number of carbonyl (C=O) groups is 1. The molecule has 32 heavy (non-hydrogen) atoms. The fourth-order valence-corrected chi connectivity index (χ4v) is 3.38. The Hall–Kier alpha value is -3.97. The molecule has 0 fully saturated rings. The number of nitrogens with zero attached hydrogens (tertiary/aromatic N) is 2. The second-order valence-corrected chi connectivity index (χ2v) is 7.44. The highest BCUT2D eigenvalue weighted by Gasteiger charge is 2.20. The maximum absolute atomic E-state index is 14.0. The molecule has 0 saturated heterocycles. The van der Waals surface area contributed by atoms with Crippen molar-refractivity contribution in [2.75, 3.05) is 0 Å². The second-order valence-electron chi connectivity index (χ2n) is 7.01. The van der Waals surface area contributed by atoms with E-state index in [0.717, 1.165) is 0 Å². The minimum Gasteiger partial charge on any atom is -0.295 e. The molecule has 0 saturated carbocycles. The Labute approximate surface area is 188 Å². The molecule has 3 aromatic carbocycles. The zero-order chi connectivity index (χ0) is 22.7. The molecule has 6 nitrogen and oxygen atoms in total. The number of carbonyl (C=O) groups excluding carboxylic acids is 1. The van der Waals surface area contributed by atoms with Gasteiger partial charge in [0.15, 0.2) is 0 Å². The Bertz CT molecular complexity index is 1360. The van der Waals surface area contributed by atoms with Gasteiger partial charge in [-0.1, -0.05) is 41.9 Å². The second kappa shape index (κ2) is 9.03. The number of nitrogens with one attached hydrogen (secondary N) is 2. The molecule has 0 spiro atoms. The van der Waals surface area contributed by atoms with Crippen LogP contribution < -0.4 is 11.0 Å². The number of H-pyrrole nitrogens is 1. The maximum atomic E-state index is 14.0. The van der Waals surface area contributed by atoms with Crippen molar-refractivity contribution in [3.63, 3.8) is 0 Å². The summed E-state index contributed by atoms with van der Waals surface area (Å²) in [7, 11) is 0. The van der Waals surface area contributed by atoms with Crippen LogP contribution in [0.1, 0.15) is 27.2 Å². The van der Waals surface area contributed by atoms with E-state index in [2.05, 4.69) is 15.6 Å². The third-order valence-corrected chi connectivity index (χ3v) is 5.05. The first-order valence-corrected chi connectivity index (χ1v) is 10.1. The van der Waals surface area contributed by atoms with E-state index in [9.17, 15) is 14.0 Å². The Kier molecular flexibility index (Phi) is 6.00. The van der Waals surface area contributed by atoms with E-state index >= 15 is 0 Å². The molecule has 4 aromatic rings. The molecular formula is C24H18ClFN4O2. The molecule has 2 N–H and O–H groups in total. The fourth-order valence-electron chi connectivity index (χ4n) is 3.26. The number of aromatic nitrogens is 2. The highest BCUT2D eigenvalue weighted by Crippen LogP contribution is 2.15. The average molecular weight is 449 g/mol. The first kappa shape index (κ1) is 21.3. The third-order valence-electron chi connectivity index (χ3n) is 4.80. The lowest BCUT2D eigenvalue weighted by Gasteiger charge is -2.07. The third kappa shape index (κ3) is 4.38. The fraction of sp³-hybridized carbons (Fsp3) is 0.0417. The van der Waals surface area contributed by atoms with Crippen LogP contribution in [-0.2, 0) is 0 Å². The number of para-hydroxylation sites is 1. The molecule has 0 bridgehead atoms. The average Bonchev–Trinajstić information content (AvgIpc) is 3.09. The lowest BCUT2D eigenvalue weighted by atomic mass is 10.0. The summed E-state index contributed by atoms with van der Waals surface area (Å²) in [4.78, 5) is 25.8. The van der Waals surface area contributed by atoms with Crippen molar-refractivity contribution in [2.24, 2.45) is 5.10 Å². The molecule has 0 aliphatic rings. The highest BCUT2D eigenvalue weighted by molar-refractivity contribution is 6.30. The number of hydrazone groups is 1. The van der Waals surface area contributed by atoms with Gasteiger partial charge in [0.1, 0.15) is 11.5 Å². The van der Waals surface area contributed by atoms with Crippen LogP contribution in [-0.4, -0.2) is 21.4 Å². The summed E-state index contributed by atoms with van der Waals surface area (Å²) in [5, 5.41) is 7.73. The Morgan fingerprint density at radius 1 is 1.00 bits per heavy atom. The van der Waals surface area contributed by atoms with Gasteiger partial charge in [0.25, 0.3) is 11.5 Å². The molecule has 0 aliphatic heterocycles. The molecule has 1 aromatic heterocycles. The number of halogens is 2. The quantitative estimate of drug-likeness (QED) is 0.349. The minimum absolute atomic E-state index is 0.139. The van der Waals surface area contributed by atoms with Crippen molar-refractivity contribution < 1.29 is 9.18 Å². The first-order chi connectivity index (χ1) is 15.4. The van der Waals surface area contributed by atoms with Crippen molar-refractivity contribution in [1.82, 2.24) is 15.2 Å². The Balaban J connectivity index is 1.80. The molecule has 0 atom stereocenters. The summed E-state index contributed by atoms with van der Waals surface area (Å²) in [5.74, 6) is -0.983. The summed E-state index contributed by atoms with van der Waals surface area (Å²) in [6, 6.07) is 21.0. The molecule has 160 valence electrons. The van der Waals surface area contributed by atoms with Gasteiger partial charge in [0.2, 0.25) is 0 Å². The highest BCUT2D eigenvalue weighted by atomic mass is 35.5. The lowest BCUT2D eigenvalue weighted by molar-refractivity contribution is 0.0955. The van der Waals surface area contributed by atoms with Crippen molar-refractivity contribution in [1.29, 1.82) is 0 Å². The topological polar surface area (TPSA) is 79.2 Å². The van der Waals surface area contributed by atoms with Crippen LogP contribution in [0.25, 0.3) is 5.69 Å². The van der Waals surface area contributed by atoms with Crippen molar-refractivity contribution >= 4 is 23.2 Å². The summed E-state index contributed by atoms with van der Waals surface area (Å²) >= 11 is 5.87. The number of hydrogen-bond acceptors (Lipinski definition) is 3. The normalized spacial score (nSPS) is 11.4. The molecule has 1 amide bonds. The number of hydrogen-bond donors (Lipinski definition) is 2. The van der Waals surface area contributed by atoms with Crippen LogP contribution in [0.5, 0.6) is 0 Å². The van der Waals surface area contributed by atoms with Gasteiger partial charge < -0.3 is 0 Å². The predicted octanol–water partition coefficient (Wildman–Crippen LogP) is 4.45. The van der Waals surface area contributed by atoms with Crippen LogP contribution in [0.15, 0.2) is 88.8 Å². The molecule has 4 rings (SSSR count). The van der Waals surface area contributed by atoms with E-state index in [4.69, 9.17) is 11.6 Å². The number of aromatic amines is 1. The summed E-state index contributed by atoms with van der Waals surface area (Å²) in [6.07, 6.45) is 0. The number of rotatable bonds is 5. The van der Waals surface area contributed by atoms with E-state index < -0.39 is 11.7 Å².